The van der Waals surface area contributed by atoms with Gasteiger partial charge < -0.3 is 9.57 Å². The molecule has 0 atom stereocenters. The normalized spacial score (nSPS) is 9.89. The summed E-state index contributed by atoms with van der Waals surface area (Å²) in [7, 11) is 0. The Morgan fingerprint density at radius 3 is 2.83 bits per heavy atom. The summed E-state index contributed by atoms with van der Waals surface area (Å²) in [6.07, 6.45) is -0.152. The van der Waals surface area contributed by atoms with Gasteiger partial charge in [0.05, 0.1) is 24.0 Å². The zero-order valence-electron chi connectivity index (χ0n) is 9.09. The summed E-state index contributed by atoms with van der Waals surface area (Å²) in [6.45, 7) is -0.144. The van der Waals surface area contributed by atoms with Gasteiger partial charge in [-0.25, -0.2) is 10.2 Å². The highest BCUT2D eigenvalue weighted by Gasteiger charge is 2.12. The standard InChI is InChI=1S/C9H10FN3O5/c10-7-5-6(13(15)16)1-2-8(7)17-4-3-9(14)18-12-11/h1-2,5,12H,3-4,11H2. The molecule has 0 heterocycles. The van der Waals surface area contributed by atoms with E-state index < -0.39 is 16.7 Å². The molecule has 0 radical (unpaired) electrons. The van der Waals surface area contributed by atoms with Gasteiger partial charge in [-0.1, -0.05) is 5.59 Å². The molecule has 18 heavy (non-hydrogen) atoms. The molecule has 9 heteroatoms. The minimum Gasteiger partial charge on any atom is -0.490 e. The number of nitro benzene ring substituents is 1. The molecule has 0 bridgehead atoms. The molecule has 0 aliphatic carbocycles. The van der Waals surface area contributed by atoms with E-state index in [1.165, 1.54) is 0 Å². The van der Waals surface area contributed by atoms with Crippen molar-refractivity contribution in [2.24, 2.45) is 5.84 Å². The lowest BCUT2D eigenvalue weighted by molar-refractivity contribution is -0.385. The Labute approximate surface area is 101 Å². The number of hydrogen-bond donors (Lipinski definition) is 2. The molecule has 0 aromatic heterocycles. The quantitative estimate of drug-likeness (QED) is 0.432. The molecule has 0 saturated heterocycles. The molecule has 0 saturated carbocycles. The van der Waals surface area contributed by atoms with Crippen LogP contribution in [0.3, 0.4) is 0 Å². The Hall–Kier alpha value is -2.26. The minimum atomic E-state index is -0.880. The molecule has 0 aliphatic rings. The van der Waals surface area contributed by atoms with Gasteiger partial charge in [-0.2, -0.15) is 0 Å². The van der Waals surface area contributed by atoms with E-state index in [-0.39, 0.29) is 24.5 Å². The summed E-state index contributed by atoms with van der Waals surface area (Å²) in [5.41, 5.74) is 1.31. The first-order valence-corrected chi connectivity index (χ1v) is 4.76. The molecule has 0 spiro atoms. The van der Waals surface area contributed by atoms with Gasteiger partial charge in [-0.15, -0.1) is 0 Å². The largest absolute Gasteiger partial charge is 0.490 e. The van der Waals surface area contributed by atoms with Crippen molar-refractivity contribution >= 4 is 11.7 Å². The van der Waals surface area contributed by atoms with Crippen LogP contribution in [-0.2, 0) is 9.63 Å². The van der Waals surface area contributed by atoms with E-state index in [4.69, 9.17) is 10.6 Å². The van der Waals surface area contributed by atoms with Crippen molar-refractivity contribution in [1.29, 1.82) is 0 Å². The van der Waals surface area contributed by atoms with Crippen LogP contribution >= 0.6 is 0 Å². The monoisotopic (exact) mass is 259 g/mol. The number of nitrogens with zero attached hydrogens (tertiary/aromatic N) is 1. The molecular weight excluding hydrogens is 249 g/mol. The Morgan fingerprint density at radius 2 is 2.28 bits per heavy atom. The Bertz CT molecular complexity index is 454. The molecule has 1 rings (SSSR count). The first kappa shape index (κ1) is 13.8. The number of nitrogens with two attached hydrogens (primary N) is 1. The molecule has 8 nitrogen and oxygen atoms in total. The molecule has 0 unspecified atom stereocenters. The fourth-order valence-corrected chi connectivity index (χ4v) is 1.08. The average Bonchev–Trinajstić information content (AvgIpc) is 2.31. The molecule has 0 fully saturated rings. The van der Waals surface area contributed by atoms with Crippen molar-refractivity contribution in [2.45, 2.75) is 6.42 Å². The number of non-ortho nitro benzene ring substituents is 1. The van der Waals surface area contributed by atoms with Gasteiger partial charge in [-0.05, 0) is 6.07 Å². The minimum absolute atomic E-state index is 0.144. The topological polar surface area (TPSA) is 117 Å². The van der Waals surface area contributed by atoms with Gasteiger partial charge in [0, 0.05) is 6.07 Å². The average molecular weight is 259 g/mol. The maximum atomic E-state index is 13.3. The molecule has 98 valence electrons. The van der Waals surface area contributed by atoms with Crippen molar-refractivity contribution < 1.29 is 23.7 Å². The van der Waals surface area contributed by atoms with E-state index in [1.54, 1.807) is 5.59 Å². The van der Waals surface area contributed by atoms with Crippen LogP contribution in [0.15, 0.2) is 18.2 Å². The highest BCUT2D eigenvalue weighted by Crippen LogP contribution is 2.22. The molecule has 0 amide bonds. The molecule has 1 aromatic carbocycles. The number of carbonyl (C=O) groups is 1. The van der Waals surface area contributed by atoms with E-state index in [1.807, 2.05) is 0 Å². The number of carbonyl (C=O) groups excluding carboxylic acids is 1. The predicted octanol–water partition coefficient (Wildman–Crippen LogP) is 0.424. The summed E-state index contributed by atoms with van der Waals surface area (Å²) in [5.74, 6) is 2.98. The van der Waals surface area contributed by atoms with E-state index in [0.29, 0.717) is 0 Å². The van der Waals surface area contributed by atoms with Gasteiger partial charge in [0.1, 0.15) is 0 Å². The molecular formula is C9H10FN3O5. The number of nitrogens with one attached hydrogen (secondary N) is 1. The molecule has 1 aromatic rings. The number of ether oxygens (including phenoxy) is 1. The van der Waals surface area contributed by atoms with E-state index in [9.17, 15) is 19.3 Å². The zero-order valence-corrected chi connectivity index (χ0v) is 9.09. The van der Waals surface area contributed by atoms with Crippen LogP contribution in [0.4, 0.5) is 10.1 Å². The number of hydrazine groups is 1. The zero-order chi connectivity index (χ0) is 13.5. The second-order valence-electron chi connectivity index (χ2n) is 3.06. The summed E-state index contributed by atoms with van der Waals surface area (Å²) >= 11 is 0. The predicted molar refractivity (Wildman–Crippen MR) is 56.6 cm³/mol. The van der Waals surface area contributed by atoms with E-state index in [0.717, 1.165) is 18.2 Å². The van der Waals surface area contributed by atoms with Crippen LogP contribution in [0, 0.1) is 15.9 Å². The highest BCUT2D eigenvalue weighted by atomic mass is 19.1. The van der Waals surface area contributed by atoms with Crippen LogP contribution in [-0.4, -0.2) is 17.5 Å². The van der Waals surface area contributed by atoms with E-state index in [2.05, 4.69) is 4.84 Å². The van der Waals surface area contributed by atoms with Gasteiger partial charge in [-0.3, -0.25) is 14.9 Å². The van der Waals surface area contributed by atoms with Crippen molar-refractivity contribution in [1.82, 2.24) is 5.59 Å². The highest BCUT2D eigenvalue weighted by molar-refractivity contribution is 5.69. The third kappa shape index (κ3) is 3.96. The Kier molecular flexibility index (Phi) is 4.96. The Balaban J connectivity index is 2.53. The summed E-state index contributed by atoms with van der Waals surface area (Å²) in [5, 5.41) is 10.4. The van der Waals surface area contributed by atoms with Crippen LogP contribution in [0.1, 0.15) is 6.42 Å². The fourth-order valence-electron chi connectivity index (χ4n) is 1.08. The van der Waals surface area contributed by atoms with Crippen molar-refractivity contribution in [3.63, 3.8) is 0 Å². The lowest BCUT2D eigenvalue weighted by atomic mass is 10.3. The number of halogens is 1. The summed E-state index contributed by atoms with van der Waals surface area (Å²) in [4.78, 5) is 24.7. The second-order valence-corrected chi connectivity index (χ2v) is 3.06. The number of rotatable bonds is 6. The van der Waals surface area contributed by atoms with Gasteiger partial charge in [0.2, 0.25) is 0 Å². The van der Waals surface area contributed by atoms with Crippen LogP contribution in [0.2, 0.25) is 0 Å². The molecule has 0 aliphatic heterocycles. The number of benzene rings is 1. The summed E-state index contributed by atoms with van der Waals surface area (Å²) in [6, 6.07) is 2.94. The summed E-state index contributed by atoms with van der Waals surface area (Å²) < 4.78 is 18.2. The lowest BCUT2D eigenvalue weighted by Crippen LogP contribution is -2.27. The lowest BCUT2D eigenvalue weighted by Gasteiger charge is -2.06. The fraction of sp³-hybridized carbons (Fsp3) is 0.222. The number of hydrogen-bond acceptors (Lipinski definition) is 7. The van der Waals surface area contributed by atoms with Gasteiger partial charge >= 0.3 is 5.97 Å². The molecule has 3 N–H and O–H groups in total. The first-order valence-electron chi connectivity index (χ1n) is 4.76. The van der Waals surface area contributed by atoms with Crippen molar-refractivity contribution in [3.8, 4) is 5.75 Å². The maximum absolute atomic E-state index is 13.3. The van der Waals surface area contributed by atoms with Gasteiger partial charge in [0.15, 0.2) is 11.6 Å². The van der Waals surface area contributed by atoms with Crippen LogP contribution in [0.25, 0.3) is 0 Å². The third-order valence-corrected chi connectivity index (χ3v) is 1.86. The van der Waals surface area contributed by atoms with Crippen molar-refractivity contribution in [3.05, 3.63) is 34.1 Å². The van der Waals surface area contributed by atoms with Crippen LogP contribution in [0.5, 0.6) is 5.75 Å². The second kappa shape index (κ2) is 6.47. The third-order valence-electron chi connectivity index (χ3n) is 1.86. The number of nitro groups is 1. The SMILES string of the molecule is NNOC(=O)CCOc1ccc([N+](=O)[O-])cc1F. The van der Waals surface area contributed by atoms with Gasteiger partial charge in [0.25, 0.3) is 5.69 Å². The smallest absolute Gasteiger partial charge is 0.329 e. The van der Waals surface area contributed by atoms with Crippen LogP contribution < -0.4 is 16.2 Å². The Morgan fingerprint density at radius 1 is 1.56 bits per heavy atom. The first-order chi connectivity index (χ1) is 8.54. The van der Waals surface area contributed by atoms with E-state index >= 15 is 0 Å². The maximum Gasteiger partial charge on any atom is 0.329 e. The van der Waals surface area contributed by atoms with Crippen molar-refractivity contribution in [2.75, 3.05) is 6.61 Å².